The summed E-state index contributed by atoms with van der Waals surface area (Å²) in [6.45, 7) is 2.02. The third-order valence-corrected chi connectivity index (χ3v) is 3.05. The van der Waals surface area contributed by atoms with Crippen LogP contribution in [0.2, 0.25) is 0 Å². The van der Waals surface area contributed by atoms with Gasteiger partial charge in [0.2, 0.25) is 0 Å². The van der Waals surface area contributed by atoms with Crippen molar-refractivity contribution in [1.29, 1.82) is 0 Å². The molecular formula is C11H14BrN5O. The fraction of sp³-hybridized carbons (Fsp3) is 0.364. The zero-order valence-electron chi connectivity index (χ0n) is 10.0. The van der Waals surface area contributed by atoms with Crippen LogP contribution in [0.15, 0.2) is 28.7 Å². The van der Waals surface area contributed by atoms with Crippen molar-refractivity contribution in [2.75, 3.05) is 20.3 Å². The number of aromatic nitrogens is 4. The van der Waals surface area contributed by atoms with Gasteiger partial charge in [0.05, 0.1) is 18.8 Å². The number of tetrazole rings is 1. The van der Waals surface area contributed by atoms with Gasteiger partial charge in [-0.25, -0.2) is 0 Å². The Morgan fingerprint density at radius 2 is 2.22 bits per heavy atom. The van der Waals surface area contributed by atoms with Crippen LogP contribution < -0.4 is 5.32 Å². The number of nitrogens with one attached hydrogen (secondary N) is 1. The van der Waals surface area contributed by atoms with Crippen molar-refractivity contribution < 1.29 is 4.74 Å². The van der Waals surface area contributed by atoms with E-state index in [9.17, 15) is 0 Å². The molecular weight excluding hydrogens is 298 g/mol. The Labute approximate surface area is 113 Å². The van der Waals surface area contributed by atoms with Crippen LogP contribution in [0, 0.1) is 0 Å². The molecule has 0 radical (unpaired) electrons. The van der Waals surface area contributed by atoms with Crippen molar-refractivity contribution in [1.82, 2.24) is 25.5 Å². The van der Waals surface area contributed by atoms with E-state index < -0.39 is 0 Å². The molecule has 0 saturated carbocycles. The smallest absolute Gasteiger partial charge is 0.170 e. The highest BCUT2D eigenvalue weighted by Crippen LogP contribution is 2.19. The highest BCUT2D eigenvalue weighted by molar-refractivity contribution is 9.10. The fourth-order valence-electron chi connectivity index (χ4n) is 1.50. The molecule has 2 rings (SSSR count). The van der Waals surface area contributed by atoms with Crippen LogP contribution in [0.25, 0.3) is 5.69 Å². The molecule has 1 N–H and O–H groups in total. The normalized spacial score (nSPS) is 10.8. The van der Waals surface area contributed by atoms with E-state index in [4.69, 9.17) is 4.74 Å². The Morgan fingerprint density at radius 1 is 1.39 bits per heavy atom. The third kappa shape index (κ3) is 3.12. The minimum absolute atomic E-state index is 0.595. The van der Waals surface area contributed by atoms with Crippen LogP contribution in [0.3, 0.4) is 0 Å². The minimum atomic E-state index is 0.595. The second-order valence-corrected chi connectivity index (χ2v) is 4.48. The van der Waals surface area contributed by atoms with Gasteiger partial charge in [0.25, 0.3) is 0 Å². The van der Waals surface area contributed by atoms with Gasteiger partial charge in [-0.1, -0.05) is 12.1 Å². The van der Waals surface area contributed by atoms with E-state index >= 15 is 0 Å². The average molecular weight is 312 g/mol. The molecule has 0 amide bonds. The van der Waals surface area contributed by atoms with Crippen molar-refractivity contribution in [3.8, 4) is 5.69 Å². The summed E-state index contributed by atoms with van der Waals surface area (Å²) in [7, 11) is 1.67. The molecule has 0 aliphatic carbocycles. The second-order valence-electron chi connectivity index (χ2n) is 3.63. The summed E-state index contributed by atoms with van der Waals surface area (Å²) in [4.78, 5) is 0. The number of ether oxygens (including phenoxy) is 1. The molecule has 0 atom stereocenters. The van der Waals surface area contributed by atoms with Crippen LogP contribution >= 0.6 is 15.9 Å². The van der Waals surface area contributed by atoms with Gasteiger partial charge in [0.15, 0.2) is 5.82 Å². The summed E-state index contributed by atoms with van der Waals surface area (Å²) in [5.74, 6) is 0.762. The molecule has 6 nitrogen and oxygen atoms in total. The molecule has 1 aromatic heterocycles. The Morgan fingerprint density at radius 3 is 3.00 bits per heavy atom. The van der Waals surface area contributed by atoms with E-state index in [1.54, 1.807) is 11.8 Å². The lowest BCUT2D eigenvalue weighted by Crippen LogP contribution is -2.21. The number of hydrogen-bond donors (Lipinski definition) is 1. The van der Waals surface area contributed by atoms with E-state index in [-0.39, 0.29) is 0 Å². The van der Waals surface area contributed by atoms with Gasteiger partial charge in [-0.15, -0.1) is 5.10 Å². The van der Waals surface area contributed by atoms with Gasteiger partial charge in [-0.2, -0.15) is 4.68 Å². The van der Waals surface area contributed by atoms with Crippen molar-refractivity contribution in [3.63, 3.8) is 0 Å². The average Bonchev–Trinajstić information content (AvgIpc) is 2.83. The van der Waals surface area contributed by atoms with Crippen molar-refractivity contribution in [2.45, 2.75) is 6.54 Å². The van der Waals surface area contributed by atoms with Crippen molar-refractivity contribution in [3.05, 3.63) is 34.6 Å². The summed E-state index contributed by atoms with van der Waals surface area (Å²) in [6.07, 6.45) is 0. The molecule has 0 aliphatic heterocycles. The van der Waals surface area contributed by atoms with Crippen LogP contribution in [0.5, 0.6) is 0 Å². The Balaban J connectivity index is 2.10. The molecule has 0 fully saturated rings. The van der Waals surface area contributed by atoms with Gasteiger partial charge in [-0.05, 0) is 38.5 Å². The number of para-hydroxylation sites is 1. The Hall–Kier alpha value is -1.31. The van der Waals surface area contributed by atoms with Gasteiger partial charge < -0.3 is 10.1 Å². The molecule has 1 heterocycles. The van der Waals surface area contributed by atoms with Gasteiger partial charge in [-0.3, -0.25) is 0 Å². The van der Waals surface area contributed by atoms with Gasteiger partial charge in [0.1, 0.15) is 0 Å². The van der Waals surface area contributed by atoms with Gasteiger partial charge >= 0.3 is 0 Å². The number of halogens is 1. The third-order valence-electron chi connectivity index (χ3n) is 2.38. The minimum Gasteiger partial charge on any atom is -0.383 e. The van der Waals surface area contributed by atoms with Crippen molar-refractivity contribution >= 4 is 15.9 Å². The van der Waals surface area contributed by atoms with E-state index in [0.29, 0.717) is 13.2 Å². The molecule has 0 unspecified atom stereocenters. The zero-order valence-corrected chi connectivity index (χ0v) is 11.6. The summed E-state index contributed by atoms with van der Waals surface area (Å²) in [5.41, 5.74) is 0.922. The topological polar surface area (TPSA) is 64.9 Å². The summed E-state index contributed by atoms with van der Waals surface area (Å²) in [5, 5.41) is 14.9. The number of hydrogen-bond acceptors (Lipinski definition) is 5. The Bertz CT molecular complexity index is 502. The van der Waals surface area contributed by atoms with E-state index in [0.717, 1.165) is 22.5 Å². The van der Waals surface area contributed by atoms with E-state index in [2.05, 4.69) is 36.8 Å². The lowest BCUT2D eigenvalue weighted by atomic mass is 10.3. The Kier molecular flexibility index (Phi) is 4.80. The first-order valence-corrected chi connectivity index (χ1v) is 6.34. The molecule has 0 bridgehead atoms. The number of methoxy groups -OCH3 is 1. The number of rotatable bonds is 6. The highest BCUT2D eigenvalue weighted by atomic mass is 79.9. The predicted octanol–water partition coefficient (Wildman–Crippen LogP) is 1.16. The van der Waals surface area contributed by atoms with Crippen LogP contribution in [-0.2, 0) is 11.3 Å². The summed E-state index contributed by atoms with van der Waals surface area (Å²) < 4.78 is 7.63. The lowest BCUT2D eigenvalue weighted by Gasteiger charge is -2.07. The van der Waals surface area contributed by atoms with E-state index in [1.807, 2.05) is 24.3 Å². The highest BCUT2D eigenvalue weighted by Gasteiger charge is 2.09. The SMILES string of the molecule is COCCNCc1nnnn1-c1ccccc1Br. The van der Waals surface area contributed by atoms with Gasteiger partial charge in [0, 0.05) is 18.1 Å². The monoisotopic (exact) mass is 311 g/mol. The maximum absolute atomic E-state index is 4.97. The van der Waals surface area contributed by atoms with E-state index in [1.165, 1.54) is 0 Å². The maximum Gasteiger partial charge on any atom is 0.170 e. The quantitative estimate of drug-likeness (QED) is 0.811. The number of benzene rings is 1. The van der Waals surface area contributed by atoms with Crippen LogP contribution in [0.1, 0.15) is 5.82 Å². The molecule has 1 aromatic carbocycles. The molecule has 7 heteroatoms. The van der Waals surface area contributed by atoms with Crippen molar-refractivity contribution in [2.24, 2.45) is 0 Å². The molecule has 2 aromatic rings. The summed E-state index contributed by atoms with van der Waals surface area (Å²) in [6, 6.07) is 7.82. The standard InChI is InChI=1S/C11H14BrN5O/c1-18-7-6-13-8-11-14-15-16-17(11)10-5-3-2-4-9(10)12/h2-5,13H,6-8H2,1H3. The molecule has 0 aliphatic rings. The fourth-order valence-corrected chi connectivity index (χ4v) is 1.95. The first-order chi connectivity index (χ1) is 8.83. The summed E-state index contributed by atoms with van der Waals surface area (Å²) >= 11 is 3.49. The largest absolute Gasteiger partial charge is 0.383 e. The van der Waals surface area contributed by atoms with Crippen LogP contribution in [-0.4, -0.2) is 40.5 Å². The molecule has 18 heavy (non-hydrogen) atoms. The zero-order chi connectivity index (χ0) is 12.8. The molecule has 0 spiro atoms. The molecule has 0 saturated heterocycles. The molecule has 96 valence electrons. The number of nitrogens with zero attached hydrogens (tertiary/aromatic N) is 4. The second kappa shape index (κ2) is 6.58. The first-order valence-electron chi connectivity index (χ1n) is 5.54. The maximum atomic E-state index is 4.97. The van der Waals surface area contributed by atoms with Crippen LogP contribution in [0.4, 0.5) is 0 Å². The first kappa shape index (κ1) is 13.1. The lowest BCUT2D eigenvalue weighted by molar-refractivity contribution is 0.199. The predicted molar refractivity (Wildman–Crippen MR) is 70.4 cm³/mol.